The maximum atomic E-state index is 5.21. The molecule has 4 saturated carbocycles. The lowest BCUT2D eigenvalue weighted by Crippen LogP contribution is -2.55. The third-order valence-electron chi connectivity index (χ3n) is 16.4. The van der Waals surface area contributed by atoms with Gasteiger partial charge in [-0.25, -0.2) is 15.0 Å². The smallest absolute Gasteiger partial charge is 0.164 e. The third-order valence-corrected chi connectivity index (χ3v) is 16.4. The monoisotopic (exact) mass is 833 g/mol. The van der Waals surface area contributed by atoms with E-state index in [0.29, 0.717) is 17.5 Å². The first-order chi connectivity index (χ1) is 32.2. The van der Waals surface area contributed by atoms with Crippen LogP contribution in [0.15, 0.2) is 200 Å². The zero-order chi connectivity index (χ0) is 42.7. The molecule has 3 heteroatoms. The van der Waals surface area contributed by atoms with Gasteiger partial charge >= 0.3 is 0 Å². The molecule has 4 fully saturated rings. The van der Waals surface area contributed by atoms with Crippen LogP contribution in [0.2, 0.25) is 0 Å². The summed E-state index contributed by atoms with van der Waals surface area (Å²) in [5.41, 5.74) is 18.6. The summed E-state index contributed by atoms with van der Waals surface area (Å²) in [4.78, 5) is 15.5. The summed E-state index contributed by atoms with van der Waals surface area (Å²) in [7, 11) is 0. The highest BCUT2D eigenvalue weighted by Gasteiger charge is 2.61. The van der Waals surface area contributed by atoms with E-state index < -0.39 is 5.41 Å². The Morgan fingerprint density at radius 1 is 0.323 bits per heavy atom. The second-order valence-corrected chi connectivity index (χ2v) is 19.5. The molecule has 65 heavy (non-hydrogen) atoms. The van der Waals surface area contributed by atoms with Crippen LogP contribution in [0.25, 0.3) is 67.5 Å². The molecule has 1 spiro atoms. The number of benzene rings is 8. The van der Waals surface area contributed by atoms with Gasteiger partial charge in [0.2, 0.25) is 0 Å². The fraction of sp³-hybridized carbons (Fsp3) is 0.177. The van der Waals surface area contributed by atoms with Gasteiger partial charge in [0.05, 0.1) is 5.41 Å². The average molecular weight is 834 g/mol. The molecule has 0 aliphatic heterocycles. The highest BCUT2D eigenvalue weighted by atomic mass is 15.0. The Kier molecular flexibility index (Phi) is 8.08. The van der Waals surface area contributed by atoms with E-state index in [4.69, 9.17) is 15.0 Å². The van der Waals surface area contributed by atoms with Gasteiger partial charge in [-0.1, -0.05) is 188 Å². The van der Waals surface area contributed by atoms with Gasteiger partial charge in [-0.2, -0.15) is 0 Å². The summed E-state index contributed by atoms with van der Waals surface area (Å²) in [5.74, 6) is 5.24. The Labute approximate surface area is 381 Å². The van der Waals surface area contributed by atoms with Crippen LogP contribution >= 0.6 is 0 Å². The first-order valence-electron chi connectivity index (χ1n) is 23.7. The van der Waals surface area contributed by atoms with Gasteiger partial charge in [0, 0.05) is 22.1 Å². The summed E-state index contributed by atoms with van der Waals surface area (Å²) in [6.45, 7) is 0. The summed E-state index contributed by atoms with van der Waals surface area (Å²) >= 11 is 0. The number of nitrogens with zero attached hydrogens (tertiary/aromatic N) is 3. The number of hydrogen-bond donors (Lipinski definition) is 0. The normalized spacial score (nSPS) is 22.3. The maximum absolute atomic E-state index is 5.21. The molecule has 0 N–H and O–H groups in total. The van der Waals surface area contributed by atoms with Crippen molar-refractivity contribution in [3.8, 4) is 67.5 Å². The predicted molar refractivity (Wildman–Crippen MR) is 262 cm³/mol. The van der Waals surface area contributed by atoms with E-state index in [1.807, 2.05) is 36.4 Å². The van der Waals surface area contributed by atoms with Gasteiger partial charge in [0.25, 0.3) is 0 Å². The number of fused-ring (bicyclic) bond motifs is 6. The van der Waals surface area contributed by atoms with Crippen molar-refractivity contribution in [1.29, 1.82) is 0 Å². The van der Waals surface area contributed by atoms with Gasteiger partial charge in [-0.3, -0.25) is 0 Å². The van der Waals surface area contributed by atoms with Gasteiger partial charge in [0.15, 0.2) is 17.5 Å². The van der Waals surface area contributed by atoms with Crippen LogP contribution in [0.1, 0.15) is 65.5 Å². The van der Waals surface area contributed by atoms with E-state index in [9.17, 15) is 0 Å². The topological polar surface area (TPSA) is 38.7 Å². The summed E-state index contributed by atoms with van der Waals surface area (Å²) in [6.07, 6.45) is 6.98. The molecule has 9 aromatic rings. The number of rotatable bonds is 6. The molecule has 1 aromatic heterocycles. The first kappa shape index (κ1) is 37.2. The molecule has 6 aliphatic carbocycles. The van der Waals surface area contributed by atoms with E-state index in [0.717, 1.165) is 40.4 Å². The average Bonchev–Trinajstić information content (AvgIpc) is 3.84. The molecule has 15 rings (SSSR count). The van der Waals surface area contributed by atoms with Crippen molar-refractivity contribution < 1.29 is 0 Å². The third kappa shape index (κ3) is 5.27. The van der Waals surface area contributed by atoms with Crippen molar-refractivity contribution in [3.63, 3.8) is 0 Å². The van der Waals surface area contributed by atoms with Crippen molar-refractivity contribution >= 4 is 0 Å². The van der Waals surface area contributed by atoms with Crippen LogP contribution in [-0.2, 0) is 10.8 Å². The SMILES string of the molecule is c1ccc(-c2nc(-c3ccccc3)nc(-c3ccc4c(c3)C(c3ccccc3)(c3ccccc3)c3cc(-c5cccc6c5-c5ccccc5C65C6CC7CC(C6)CC5C7)ccc3-4)n2)cc1. The summed E-state index contributed by atoms with van der Waals surface area (Å²) in [6, 6.07) is 74.0. The Morgan fingerprint density at radius 3 is 1.34 bits per heavy atom. The van der Waals surface area contributed by atoms with Gasteiger partial charge in [-0.15, -0.1) is 0 Å². The minimum absolute atomic E-state index is 0.117. The Morgan fingerprint density at radius 2 is 0.769 bits per heavy atom. The molecule has 6 aliphatic rings. The van der Waals surface area contributed by atoms with Crippen molar-refractivity contribution in [2.75, 3.05) is 0 Å². The lowest BCUT2D eigenvalue weighted by Gasteiger charge is -2.61. The molecule has 3 nitrogen and oxygen atoms in total. The largest absolute Gasteiger partial charge is 0.208 e. The Balaban J connectivity index is 0.992. The highest BCUT2D eigenvalue weighted by molar-refractivity contribution is 5.96. The van der Waals surface area contributed by atoms with Gasteiger partial charge < -0.3 is 0 Å². The molecule has 0 amide bonds. The minimum atomic E-state index is -0.616. The first-order valence-corrected chi connectivity index (χ1v) is 23.7. The van der Waals surface area contributed by atoms with E-state index in [-0.39, 0.29) is 5.41 Å². The van der Waals surface area contributed by atoms with E-state index in [1.54, 1.807) is 11.1 Å². The number of aromatic nitrogens is 3. The Bertz CT molecular complexity index is 3200. The molecular formula is C62H47N3. The summed E-state index contributed by atoms with van der Waals surface area (Å²) in [5, 5.41) is 0. The van der Waals surface area contributed by atoms with Gasteiger partial charge in [0.1, 0.15) is 0 Å². The van der Waals surface area contributed by atoms with Crippen LogP contribution in [0.5, 0.6) is 0 Å². The van der Waals surface area contributed by atoms with Crippen molar-refractivity contribution in [2.24, 2.45) is 23.7 Å². The molecule has 4 bridgehead atoms. The molecule has 0 atom stereocenters. The van der Waals surface area contributed by atoms with E-state index in [1.165, 1.54) is 87.7 Å². The fourth-order valence-corrected chi connectivity index (χ4v) is 14.2. The van der Waals surface area contributed by atoms with Crippen LogP contribution in [0.4, 0.5) is 0 Å². The van der Waals surface area contributed by atoms with E-state index >= 15 is 0 Å². The number of hydrogen-bond acceptors (Lipinski definition) is 3. The van der Waals surface area contributed by atoms with Crippen molar-refractivity contribution in [1.82, 2.24) is 15.0 Å². The molecule has 310 valence electrons. The minimum Gasteiger partial charge on any atom is -0.208 e. The highest BCUT2D eigenvalue weighted by Crippen LogP contribution is 2.70. The molecule has 0 radical (unpaired) electrons. The quantitative estimate of drug-likeness (QED) is 0.167. The molecular weight excluding hydrogens is 787 g/mol. The van der Waals surface area contributed by atoms with E-state index in [2.05, 4.69) is 164 Å². The zero-order valence-electron chi connectivity index (χ0n) is 36.2. The van der Waals surface area contributed by atoms with Crippen LogP contribution in [-0.4, -0.2) is 15.0 Å². The Hall–Kier alpha value is -7.23. The maximum Gasteiger partial charge on any atom is 0.164 e. The van der Waals surface area contributed by atoms with Crippen LogP contribution < -0.4 is 0 Å². The van der Waals surface area contributed by atoms with Gasteiger partial charge in [-0.05, 0) is 135 Å². The second kappa shape index (κ2) is 14.1. The predicted octanol–water partition coefficient (Wildman–Crippen LogP) is 14.6. The molecule has 0 saturated heterocycles. The molecule has 0 unspecified atom stereocenters. The lowest BCUT2D eigenvalue weighted by molar-refractivity contribution is -0.0399. The summed E-state index contributed by atoms with van der Waals surface area (Å²) < 4.78 is 0. The van der Waals surface area contributed by atoms with Crippen molar-refractivity contribution in [3.05, 3.63) is 234 Å². The van der Waals surface area contributed by atoms with Crippen LogP contribution in [0.3, 0.4) is 0 Å². The van der Waals surface area contributed by atoms with Crippen molar-refractivity contribution in [2.45, 2.75) is 42.9 Å². The molecule has 8 aromatic carbocycles. The molecule has 1 heterocycles. The fourth-order valence-electron chi connectivity index (χ4n) is 14.2. The standard InChI is InChI=1S/C62H47N3/c1-5-16-41(17-6-1)58-63-59(42-18-7-2-8-19-42)65-60(64-58)44-29-31-51-50-30-28-43(37-55(50)61(56(51)38-44,45-20-9-3-10-21-45)46-22-11-4-12-23-46)49-25-15-27-54-57(49)52-24-13-14-26-53(52)62(54)47-33-39-32-40(35-47)36-48(62)34-39/h1-31,37-40,47-48H,32-36H2. The zero-order valence-corrected chi connectivity index (χ0v) is 36.2. The van der Waals surface area contributed by atoms with Crippen LogP contribution in [0, 0.1) is 23.7 Å². The second-order valence-electron chi connectivity index (χ2n) is 19.5. The lowest BCUT2D eigenvalue weighted by atomic mass is 9.43.